The summed E-state index contributed by atoms with van der Waals surface area (Å²) in [5, 5.41) is 0. The van der Waals surface area contributed by atoms with Crippen LogP contribution in [0.3, 0.4) is 0 Å². The van der Waals surface area contributed by atoms with Gasteiger partial charge in [0, 0.05) is 0 Å². The van der Waals surface area contributed by atoms with Crippen LogP contribution in [0.15, 0.2) is 35.5 Å². The summed E-state index contributed by atoms with van der Waals surface area (Å²) in [4.78, 5) is 0. The maximum atomic E-state index is 3.89. The Morgan fingerprint density at radius 1 is 1.19 bits per heavy atom. The van der Waals surface area contributed by atoms with E-state index in [4.69, 9.17) is 0 Å². The largest absolute Gasteiger partial charge is 0.0816 e. The molecular weight excluding hydrogens is 192 g/mol. The first-order chi connectivity index (χ1) is 7.56. The van der Waals surface area contributed by atoms with E-state index < -0.39 is 0 Å². The van der Waals surface area contributed by atoms with E-state index in [0.29, 0.717) is 0 Å². The minimum atomic E-state index is 0.809. The Hall–Kier alpha value is -0.780. The van der Waals surface area contributed by atoms with Crippen LogP contribution < -0.4 is 0 Å². The van der Waals surface area contributed by atoms with Crippen molar-refractivity contribution in [2.45, 2.75) is 53.4 Å². The molecule has 0 saturated carbocycles. The fourth-order valence-electron chi connectivity index (χ4n) is 1.55. The minimum Gasteiger partial charge on any atom is -0.0816 e. The standard InChI is InChI=1S/C16H27/c1-6-9-15(4)12-8-13-16(5)11-7-10-14(2)3/h7,10-11,13,15H,1,6,8-9,12H2,2-5H3. The Kier molecular flexibility index (Phi) is 8.99. The Morgan fingerprint density at radius 3 is 2.44 bits per heavy atom. The zero-order valence-corrected chi connectivity index (χ0v) is 11.4. The van der Waals surface area contributed by atoms with Crippen molar-refractivity contribution in [3.8, 4) is 0 Å². The molecular formula is C16H27. The molecule has 1 radical (unpaired) electrons. The van der Waals surface area contributed by atoms with E-state index in [1.165, 1.54) is 30.4 Å². The van der Waals surface area contributed by atoms with E-state index in [1.54, 1.807) is 0 Å². The maximum absolute atomic E-state index is 3.89. The molecule has 0 heterocycles. The smallest absolute Gasteiger partial charge is 0.0342 e. The van der Waals surface area contributed by atoms with Gasteiger partial charge >= 0.3 is 0 Å². The first-order valence-corrected chi connectivity index (χ1v) is 6.33. The number of rotatable bonds is 7. The van der Waals surface area contributed by atoms with Crippen molar-refractivity contribution in [2.75, 3.05) is 0 Å². The molecule has 1 unspecified atom stereocenters. The average Bonchev–Trinajstić information content (AvgIpc) is 2.17. The SMILES string of the molecule is [CH2]CCC(C)CCC=C(C)C=CC=C(C)C. The van der Waals surface area contributed by atoms with Crippen LogP contribution in [-0.2, 0) is 0 Å². The topological polar surface area (TPSA) is 0 Å². The normalized spacial score (nSPS) is 14.2. The predicted octanol–water partition coefficient (Wildman–Crippen LogP) is 5.49. The molecule has 0 aliphatic heterocycles. The molecule has 0 amide bonds. The molecule has 0 nitrogen and oxygen atoms in total. The van der Waals surface area contributed by atoms with Crippen LogP contribution >= 0.6 is 0 Å². The maximum Gasteiger partial charge on any atom is -0.0342 e. The van der Waals surface area contributed by atoms with Crippen molar-refractivity contribution in [3.63, 3.8) is 0 Å². The Balaban J connectivity index is 3.87. The van der Waals surface area contributed by atoms with E-state index in [-0.39, 0.29) is 0 Å². The van der Waals surface area contributed by atoms with Gasteiger partial charge in [0.05, 0.1) is 0 Å². The van der Waals surface area contributed by atoms with Gasteiger partial charge in [-0.2, -0.15) is 0 Å². The van der Waals surface area contributed by atoms with Crippen molar-refractivity contribution in [1.82, 2.24) is 0 Å². The third-order valence-electron chi connectivity index (χ3n) is 2.61. The van der Waals surface area contributed by atoms with E-state index in [2.05, 4.69) is 58.9 Å². The van der Waals surface area contributed by atoms with Crippen molar-refractivity contribution in [1.29, 1.82) is 0 Å². The average molecular weight is 219 g/mol. The molecule has 16 heavy (non-hydrogen) atoms. The van der Waals surface area contributed by atoms with E-state index in [0.717, 1.165) is 12.3 Å². The molecule has 0 spiro atoms. The molecule has 0 aromatic carbocycles. The van der Waals surface area contributed by atoms with Crippen molar-refractivity contribution >= 4 is 0 Å². The zero-order chi connectivity index (χ0) is 12.4. The highest BCUT2D eigenvalue weighted by Crippen LogP contribution is 2.13. The summed E-state index contributed by atoms with van der Waals surface area (Å²) in [7, 11) is 0. The number of hydrogen-bond acceptors (Lipinski definition) is 0. The summed E-state index contributed by atoms with van der Waals surface area (Å²) in [5.41, 5.74) is 2.70. The lowest BCUT2D eigenvalue weighted by Gasteiger charge is -2.07. The monoisotopic (exact) mass is 219 g/mol. The fourth-order valence-corrected chi connectivity index (χ4v) is 1.55. The highest BCUT2D eigenvalue weighted by atomic mass is 14.0. The lowest BCUT2D eigenvalue weighted by Crippen LogP contribution is -1.92. The van der Waals surface area contributed by atoms with Crippen LogP contribution in [0, 0.1) is 12.8 Å². The molecule has 0 saturated heterocycles. The third-order valence-corrected chi connectivity index (χ3v) is 2.61. The second-order valence-corrected chi connectivity index (χ2v) is 4.88. The molecule has 91 valence electrons. The van der Waals surface area contributed by atoms with Gasteiger partial charge in [0.1, 0.15) is 0 Å². The molecule has 0 aliphatic rings. The van der Waals surface area contributed by atoms with Crippen LogP contribution in [0.5, 0.6) is 0 Å². The lowest BCUT2D eigenvalue weighted by atomic mass is 9.99. The Morgan fingerprint density at radius 2 is 1.88 bits per heavy atom. The fraction of sp³-hybridized carbons (Fsp3) is 0.562. The van der Waals surface area contributed by atoms with Crippen LogP contribution in [0.25, 0.3) is 0 Å². The lowest BCUT2D eigenvalue weighted by molar-refractivity contribution is 0.501. The molecule has 0 rings (SSSR count). The van der Waals surface area contributed by atoms with E-state index in [1.807, 2.05) is 0 Å². The minimum absolute atomic E-state index is 0.809. The van der Waals surface area contributed by atoms with Gasteiger partial charge in [-0.05, 0) is 39.5 Å². The van der Waals surface area contributed by atoms with Crippen LogP contribution in [0.1, 0.15) is 53.4 Å². The third kappa shape index (κ3) is 9.76. The second kappa shape index (κ2) is 9.45. The molecule has 0 aliphatic carbocycles. The highest BCUT2D eigenvalue weighted by molar-refractivity contribution is 5.21. The Labute approximate surface area is 102 Å². The highest BCUT2D eigenvalue weighted by Gasteiger charge is 1.98. The predicted molar refractivity (Wildman–Crippen MR) is 75.3 cm³/mol. The first kappa shape index (κ1) is 15.2. The van der Waals surface area contributed by atoms with Crippen LogP contribution in [0.2, 0.25) is 0 Å². The van der Waals surface area contributed by atoms with Gasteiger partial charge in [-0.1, -0.05) is 62.1 Å². The van der Waals surface area contributed by atoms with Gasteiger partial charge in [-0.25, -0.2) is 0 Å². The van der Waals surface area contributed by atoms with Crippen molar-refractivity contribution < 1.29 is 0 Å². The van der Waals surface area contributed by atoms with Gasteiger partial charge in [0.2, 0.25) is 0 Å². The van der Waals surface area contributed by atoms with Crippen molar-refractivity contribution in [3.05, 3.63) is 42.4 Å². The molecule has 0 aromatic rings. The van der Waals surface area contributed by atoms with E-state index >= 15 is 0 Å². The van der Waals surface area contributed by atoms with Crippen LogP contribution in [0.4, 0.5) is 0 Å². The Bertz CT molecular complexity index is 249. The van der Waals surface area contributed by atoms with Gasteiger partial charge in [-0.3, -0.25) is 0 Å². The molecule has 0 heteroatoms. The quantitative estimate of drug-likeness (QED) is 0.497. The van der Waals surface area contributed by atoms with Gasteiger partial charge in [0.25, 0.3) is 0 Å². The summed E-state index contributed by atoms with van der Waals surface area (Å²) in [6.45, 7) is 12.6. The van der Waals surface area contributed by atoms with Gasteiger partial charge in [-0.15, -0.1) is 0 Å². The summed E-state index contributed by atoms with van der Waals surface area (Å²) in [6, 6.07) is 0. The zero-order valence-electron chi connectivity index (χ0n) is 11.4. The number of hydrogen-bond donors (Lipinski definition) is 0. The van der Waals surface area contributed by atoms with Crippen LogP contribution in [-0.4, -0.2) is 0 Å². The van der Waals surface area contributed by atoms with Crippen molar-refractivity contribution in [2.24, 2.45) is 5.92 Å². The summed E-state index contributed by atoms with van der Waals surface area (Å²) in [6.07, 6.45) is 13.6. The van der Waals surface area contributed by atoms with Gasteiger partial charge < -0.3 is 0 Å². The second-order valence-electron chi connectivity index (χ2n) is 4.88. The molecule has 0 aromatic heterocycles. The first-order valence-electron chi connectivity index (χ1n) is 6.33. The summed E-state index contributed by atoms with van der Waals surface area (Å²) < 4.78 is 0. The molecule has 0 fully saturated rings. The summed E-state index contributed by atoms with van der Waals surface area (Å²) >= 11 is 0. The molecule has 1 atom stereocenters. The molecule has 0 bridgehead atoms. The number of allylic oxidation sites excluding steroid dienone is 6. The van der Waals surface area contributed by atoms with E-state index in [9.17, 15) is 0 Å². The van der Waals surface area contributed by atoms with Gasteiger partial charge in [0.15, 0.2) is 0 Å². The summed E-state index contributed by atoms with van der Waals surface area (Å²) in [5.74, 6) is 0.809. The molecule has 0 N–H and O–H groups in total.